The second-order valence-corrected chi connectivity index (χ2v) is 5.70. The van der Waals surface area contributed by atoms with E-state index in [9.17, 15) is 4.79 Å². The van der Waals surface area contributed by atoms with Gasteiger partial charge in [0.1, 0.15) is 5.84 Å². The number of amidine groups is 1. The van der Waals surface area contributed by atoms with E-state index < -0.39 is 6.04 Å². The molecule has 0 radical (unpaired) electrons. The molecule has 3 N–H and O–H groups in total. The molecule has 1 saturated heterocycles. The van der Waals surface area contributed by atoms with Crippen molar-refractivity contribution in [2.45, 2.75) is 25.3 Å². The predicted octanol–water partition coefficient (Wildman–Crippen LogP) is 0.529. The molecule has 1 fully saturated rings. The van der Waals surface area contributed by atoms with Crippen LogP contribution in [0.4, 0.5) is 0 Å². The fraction of sp³-hybridized carbons (Fsp3) is 0.500. The van der Waals surface area contributed by atoms with Crippen molar-refractivity contribution in [2.24, 2.45) is 10.7 Å². The molecular weight excluding hydrogens is 264 g/mol. The molecule has 21 heavy (non-hydrogen) atoms. The summed E-state index contributed by atoms with van der Waals surface area (Å²) in [5.41, 5.74) is 8.25. The fourth-order valence-corrected chi connectivity index (χ4v) is 2.90. The average molecular weight is 286 g/mol. The van der Waals surface area contributed by atoms with Gasteiger partial charge in [0.05, 0.1) is 12.6 Å². The number of hydrogen-bond acceptors (Lipinski definition) is 4. The van der Waals surface area contributed by atoms with Crippen molar-refractivity contribution >= 4 is 11.7 Å². The maximum Gasteiger partial charge on any atom is 0.239 e. The van der Waals surface area contributed by atoms with Gasteiger partial charge in [0.2, 0.25) is 5.91 Å². The molecule has 0 aliphatic carbocycles. The van der Waals surface area contributed by atoms with Crippen molar-refractivity contribution in [2.75, 3.05) is 26.2 Å². The SMILES string of the molecule is NC(Cc1ccc(C2=NCCN2)cc1)C(=O)N1CCCC1. The zero-order chi connectivity index (χ0) is 14.7. The molecule has 0 bridgehead atoms. The molecule has 5 nitrogen and oxygen atoms in total. The molecule has 0 saturated carbocycles. The molecule has 3 rings (SSSR count). The number of nitrogens with two attached hydrogens (primary N) is 1. The van der Waals surface area contributed by atoms with Crippen molar-refractivity contribution in [3.63, 3.8) is 0 Å². The summed E-state index contributed by atoms with van der Waals surface area (Å²) in [6, 6.07) is 7.72. The van der Waals surface area contributed by atoms with Crippen LogP contribution in [0.3, 0.4) is 0 Å². The largest absolute Gasteiger partial charge is 0.368 e. The number of carbonyl (C=O) groups is 1. The van der Waals surface area contributed by atoms with Gasteiger partial charge in [-0.05, 0) is 24.8 Å². The molecule has 1 aromatic carbocycles. The van der Waals surface area contributed by atoms with Crippen molar-refractivity contribution < 1.29 is 4.79 Å². The van der Waals surface area contributed by atoms with Crippen LogP contribution in [0.25, 0.3) is 0 Å². The van der Waals surface area contributed by atoms with Gasteiger partial charge in [-0.1, -0.05) is 24.3 Å². The van der Waals surface area contributed by atoms with Crippen molar-refractivity contribution in [1.29, 1.82) is 0 Å². The van der Waals surface area contributed by atoms with E-state index in [-0.39, 0.29) is 5.91 Å². The number of nitrogens with one attached hydrogen (secondary N) is 1. The minimum Gasteiger partial charge on any atom is -0.368 e. The van der Waals surface area contributed by atoms with Crippen LogP contribution < -0.4 is 11.1 Å². The summed E-state index contributed by atoms with van der Waals surface area (Å²) in [6.45, 7) is 3.46. The fourth-order valence-electron chi connectivity index (χ4n) is 2.90. The lowest BCUT2D eigenvalue weighted by Crippen LogP contribution is -2.43. The summed E-state index contributed by atoms with van der Waals surface area (Å²) in [7, 11) is 0. The molecule has 1 aromatic rings. The summed E-state index contributed by atoms with van der Waals surface area (Å²) >= 11 is 0. The van der Waals surface area contributed by atoms with Gasteiger partial charge in [-0.3, -0.25) is 9.79 Å². The smallest absolute Gasteiger partial charge is 0.239 e. The number of aliphatic imine (C=N–C) groups is 1. The van der Waals surface area contributed by atoms with Crippen LogP contribution in [-0.2, 0) is 11.2 Å². The lowest BCUT2D eigenvalue weighted by molar-refractivity contribution is -0.131. The van der Waals surface area contributed by atoms with E-state index in [0.717, 1.165) is 56.0 Å². The van der Waals surface area contributed by atoms with E-state index in [1.807, 2.05) is 29.2 Å². The minimum absolute atomic E-state index is 0.0819. The topological polar surface area (TPSA) is 70.7 Å². The molecule has 2 aliphatic heterocycles. The Kier molecular flexibility index (Phi) is 4.20. The molecule has 1 unspecified atom stereocenters. The minimum atomic E-state index is -0.434. The zero-order valence-corrected chi connectivity index (χ0v) is 12.2. The second-order valence-electron chi connectivity index (χ2n) is 5.70. The molecule has 1 atom stereocenters. The highest BCUT2D eigenvalue weighted by Crippen LogP contribution is 2.12. The van der Waals surface area contributed by atoms with Gasteiger partial charge < -0.3 is 16.0 Å². The molecular formula is C16H22N4O. The van der Waals surface area contributed by atoms with Crippen molar-refractivity contribution in [3.8, 4) is 0 Å². The summed E-state index contributed by atoms with van der Waals surface area (Å²) in [6.07, 6.45) is 2.79. The van der Waals surface area contributed by atoms with Gasteiger partial charge in [0.15, 0.2) is 0 Å². The van der Waals surface area contributed by atoms with Gasteiger partial charge in [-0.15, -0.1) is 0 Å². The van der Waals surface area contributed by atoms with Crippen LogP contribution in [0.1, 0.15) is 24.0 Å². The lowest BCUT2D eigenvalue weighted by atomic mass is 10.0. The predicted molar refractivity (Wildman–Crippen MR) is 83.3 cm³/mol. The first kappa shape index (κ1) is 14.1. The molecule has 2 aliphatic rings. The third-order valence-corrected chi connectivity index (χ3v) is 4.09. The van der Waals surface area contributed by atoms with Gasteiger partial charge in [0, 0.05) is 25.2 Å². The molecule has 1 amide bonds. The van der Waals surface area contributed by atoms with Crippen LogP contribution in [0.15, 0.2) is 29.3 Å². The normalized spacial score (nSPS) is 19.3. The molecule has 112 valence electrons. The Morgan fingerprint density at radius 2 is 2.00 bits per heavy atom. The summed E-state index contributed by atoms with van der Waals surface area (Å²) in [4.78, 5) is 18.5. The van der Waals surface area contributed by atoms with E-state index in [1.54, 1.807) is 0 Å². The summed E-state index contributed by atoms with van der Waals surface area (Å²) in [5, 5.41) is 3.25. The van der Waals surface area contributed by atoms with Crippen LogP contribution in [-0.4, -0.2) is 48.9 Å². The van der Waals surface area contributed by atoms with Crippen LogP contribution >= 0.6 is 0 Å². The Morgan fingerprint density at radius 3 is 2.62 bits per heavy atom. The van der Waals surface area contributed by atoms with Gasteiger partial charge in [0.25, 0.3) is 0 Å². The Hall–Kier alpha value is -1.88. The Labute approximate surface area is 125 Å². The van der Waals surface area contributed by atoms with Crippen LogP contribution in [0.2, 0.25) is 0 Å². The maximum atomic E-state index is 12.2. The number of carbonyl (C=O) groups excluding carboxylic acids is 1. The van der Waals surface area contributed by atoms with Crippen molar-refractivity contribution in [3.05, 3.63) is 35.4 Å². The van der Waals surface area contributed by atoms with E-state index in [0.29, 0.717) is 6.42 Å². The quantitative estimate of drug-likeness (QED) is 0.848. The highest BCUT2D eigenvalue weighted by molar-refractivity contribution is 5.99. The summed E-state index contributed by atoms with van der Waals surface area (Å²) in [5.74, 6) is 1.04. The van der Waals surface area contributed by atoms with Crippen LogP contribution in [0, 0.1) is 0 Å². The lowest BCUT2D eigenvalue weighted by Gasteiger charge is -2.20. The first-order chi connectivity index (χ1) is 10.2. The number of hydrogen-bond donors (Lipinski definition) is 2. The van der Waals surface area contributed by atoms with Crippen LogP contribution in [0.5, 0.6) is 0 Å². The molecule has 5 heteroatoms. The highest BCUT2D eigenvalue weighted by atomic mass is 16.2. The monoisotopic (exact) mass is 286 g/mol. The van der Waals surface area contributed by atoms with E-state index in [4.69, 9.17) is 5.73 Å². The van der Waals surface area contributed by atoms with Gasteiger partial charge in [-0.25, -0.2) is 0 Å². The van der Waals surface area contributed by atoms with E-state index in [2.05, 4.69) is 10.3 Å². The first-order valence-corrected chi connectivity index (χ1v) is 7.66. The third kappa shape index (κ3) is 3.24. The summed E-state index contributed by atoms with van der Waals surface area (Å²) < 4.78 is 0. The molecule has 0 aromatic heterocycles. The van der Waals surface area contributed by atoms with Crippen molar-refractivity contribution in [1.82, 2.24) is 10.2 Å². The Balaban J connectivity index is 1.60. The third-order valence-electron chi connectivity index (χ3n) is 4.09. The van der Waals surface area contributed by atoms with E-state index >= 15 is 0 Å². The second kappa shape index (κ2) is 6.26. The van der Waals surface area contributed by atoms with Gasteiger partial charge in [-0.2, -0.15) is 0 Å². The molecule has 0 spiro atoms. The molecule has 2 heterocycles. The number of rotatable bonds is 4. The van der Waals surface area contributed by atoms with Gasteiger partial charge >= 0.3 is 0 Å². The number of benzene rings is 1. The Bertz CT molecular complexity index is 532. The number of likely N-dealkylation sites (tertiary alicyclic amines) is 1. The number of amides is 1. The standard InChI is InChI=1S/C16H22N4O/c17-14(16(21)20-9-1-2-10-20)11-12-3-5-13(6-4-12)15-18-7-8-19-15/h3-6,14H,1-2,7-11,17H2,(H,18,19). The number of nitrogens with zero attached hydrogens (tertiary/aromatic N) is 2. The average Bonchev–Trinajstić information content (AvgIpc) is 3.20. The highest BCUT2D eigenvalue weighted by Gasteiger charge is 2.23. The Morgan fingerprint density at radius 1 is 1.29 bits per heavy atom. The zero-order valence-electron chi connectivity index (χ0n) is 12.2. The van der Waals surface area contributed by atoms with E-state index in [1.165, 1.54) is 0 Å². The maximum absolute atomic E-state index is 12.2. The first-order valence-electron chi connectivity index (χ1n) is 7.66.